The molecule has 1 rings (SSSR count). The number of carbonyl (C=O) groups is 1. The van der Waals surface area contributed by atoms with Gasteiger partial charge in [0, 0.05) is 24.0 Å². The molecule has 0 saturated heterocycles. The maximum atomic E-state index is 10.3. The molecule has 0 N–H and O–H groups in total. The van der Waals surface area contributed by atoms with Gasteiger partial charge in [0.1, 0.15) is 0 Å². The second-order valence-corrected chi connectivity index (χ2v) is 2.61. The number of aliphatic carboxylic acids is 1. The Hall–Kier alpha value is -0.763. The molecule has 0 aliphatic carbocycles. The van der Waals surface area contributed by atoms with E-state index in [1.54, 1.807) is 0 Å². The van der Waals surface area contributed by atoms with Crippen LogP contribution in [0.1, 0.15) is 5.56 Å². The number of halogens is 1. The molecule has 0 radical (unpaired) electrons. The summed E-state index contributed by atoms with van der Waals surface area (Å²) in [5.74, 6) is -1.00. The Labute approximate surface area is 97.6 Å². The van der Waals surface area contributed by atoms with Crippen LogP contribution in [-0.4, -0.2) is 23.3 Å². The fourth-order valence-electron chi connectivity index (χ4n) is 0.774. The second-order valence-electron chi connectivity index (χ2n) is 2.25. The fraction of sp³-hybridized carbons (Fsp3) is 0.286. The summed E-state index contributed by atoms with van der Waals surface area (Å²) in [7, 11) is 1.40. The van der Waals surface area contributed by atoms with Gasteiger partial charge in [-0.2, -0.15) is 0 Å². The van der Waals surface area contributed by atoms with Gasteiger partial charge in [-0.3, -0.25) is 0 Å². The van der Waals surface area contributed by atoms with E-state index < -0.39 is 5.97 Å². The second kappa shape index (κ2) is 5.86. The molecule has 0 atom stereocenters. The van der Waals surface area contributed by atoms with Crippen molar-refractivity contribution < 1.29 is 33.5 Å². The summed E-state index contributed by atoms with van der Waals surface area (Å²) in [6, 6.07) is 1.41. The summed E-state index contributed by atoms with van der Waals surface area (Å²) < 4.78 is 4.75. The van der Waals surface area contributed by atoms with Gasteiger partial charge in [0.05, 0.1) is 7.11 Å². The van der Waals surface area contributed by atoms with Gasteiger partial charge in [-0.1, -0.05) is 11.6 Å². The number of carbonyl (C=O) groups excluding carboxylic acids is 1. The molecule has 1 aromatic rings. The summed E-state index contributed by atoms with van der Waals surface area (Å²) in [5.41, 5.74) is 0.327. The smallest absolute Gasteiger partial charge is 0.550 e. The predicted octanol–water partition coefficient (Wildman–Crippen LogP) is -3.56. The monoisotopic (exact) mass is 208 g/mol. The summed E-state index contributed by atoms with van der Waals surface area (Å²) >= 11 is 5.58. The Bertz CT molecular complexity index is 335. The Kier molecular flexibility index (Phi) is 5.54. The fourth-order valence-corrected chi connectivity index (χ4v) is 0.933. The van der Waals surface area contributed by atoms with Crippen molar-refractivity contribution in [1.82, 2.24) is 10.2 Å². The van der Waals surface area contributed by atoms with E-state index in [-0.39, 0.29) is 36.3 Å². The Balaban J connectivity index is 0.00000169. The zero-order chi connectivity index (χ0) is 9.84. The van der Waals surface area contributed by atoms with Crippen molar-refractivity contribution in [3.05, 3.63) is 16.8 Å². The van der Waals surface area contributed by atoms with Crippen LogP contribution in [0.25, 0.3) is 0 Å². The molecule has 5 nitrogen and oxygen atoms in total. The minimum Gasteiger partial charge on any atom is -0.550 e. The average Bonchev–Trinajstić information content (AvgIpc) is 2.08. The van der Waals surface area contributed by atoms with Crippen molar-refractivity contribution in [3.63, 3.8) is 0 Å². The molecular formula is C7H6ClLiN2O3. The van der Waals surface area contributed by atoms with Crippen LogP contribution in [0.3, 0.4) is 0 Å². The van der Waals surface area contributed by atoms with Gasteiger partial charge in [0.25, 0.3) is 0 Å². The number of methoxy groups -OCH3 is 1. The molecule has 0 unspecified atom stereocenters. The quantitative estimate of drug-likeness (QED) is 0.481. The summed E-state index contributed by atoms with van der Waals surface area (Å²) in [4.78, 5) is 10.3. The van der Waals surface area contributed by atoms with E-state index in [2.05, 4.69) is 10.2 Å². The van der Waals surface area contributed by atoms with E-state index in [4.69, 9.17) is 16.3 Å². The number of ether oxygens (including phenoxy) is 1. The predicted molar refractivity (Wildman–Crippen MR) is 42.3 cm³/mol. The maximum absolute atomic E-state index is 10.3. The average molecular weight is 209 g/mol. The van der Waals surface area contributed by atoms with Crippen LogP contribution >= 0.6 is 11.6 Å². The van der Waals surface area contributed by atoms with E-state index in [1.165, 1.54) is 13.2 Å². The number of carboxylic acid groups (broad SMARTS) is 1. The van der Waals surface area contributed by atoms with E-state index in [0.717, 1.165) is 0 Å². The number of hydrogen-bond donors (Lipinski definition) is 0. The zero-order valence-electron chi connectivity index (χ0n) is 7.78. The molecule has 70 valence electrons. The Morgan fingerprint density at radius 2 is 2.29 bits per heavy atom. The molecule has 7 heteroatoms. The molecule has 0 saturated carbocycles. The van der Waals surface area contributed by atoms with Crippen molar-refractivity contribution in [3.8, 4) is 5.88 Å². The van der Waals surface area contributed by atoms with E-state index in [9.17, 15) is 9.90 Å². The molecule has 1 aromatic heterocycles. The third kappa shape index (κ3) is 3.54. The molecule has 14 heavy (non-hydrogen) atoms. The van der Waals surface area contributed by atoms with Crippen LogP contribution in [0.5, 0.6) is 5.88 Å². The summed E-state index contributed by atoms with van der Waals surface area (Å²) in [6.07, 6.45) is -0.301. The Morgan fingerprint density at radius 3 is 2.79 bits per heavy atom. The first-order valence-corrected chi connectivity index (χ1v) is 3.77. The van der Waals surface area contributed by atoms with Gasteiger partial charge >= 0.3 is 18.9 Å². The number of aromatic nitrogens is 2. The van der Waals surface area contributed by atoms with Crippen molar-refractivity contribution in [1.29, 1.82) is 0 Å². The van der Waals surface area contributed by atoms with Gasteiger partial charge in [-0.25, -0.2) is 0 Å². The first-order valence-electron chi connectivity index (χ1n) is 3.39. The molecule has 0 aliphatic rings. The number of carboxylic acids is 1. The Morgan fingerprint density at radius 1 is 1.64 bits per heavy atom. The molecule has 0 aliphatic heterocycles. The van der Waals surface area contributed by atoms with Crippen LogP contribution in [-0.2, 0) is 11.2 Å². The van der Waals surface area contributed by atoms with Gasteiger partial charge < -0.3 is 14.6 Å². The van der Waals surface area contributed by atoms with Crippen LogP contribution in [0.15, 0.2) is 6.07 Å². The topological polar surface area (TPSA) is 75.1 Å². The van der Waals surface area contributed by atoms with Gasteiger partial charge in [0.2, 0.25) is 5.88 Å². The van der Waals surface area contributed by atoms with E-state index in [1.807, 2.05) is 0 Å². The number of nitrogens with zero attached hydrogens (tertiary/aromatic N) is 2. The SMILES string of the molecule is COc1cc(CC(=O)[O-])c(Cl)nn1.[Li+]. The number of rotatable bonds is 3. The van der Waals surface area contributed by atoms with Crippen molar-refractivity contribution in [2.75, 3.05) is 7.11 Å². The van der Waals surface area contributed by atoms with E-state index >= 15 is 0 Å². The van der Waals surface area contributed by atoms with Gasteiger partial charge in [-0.05, 0) is 0 Å². The maximum Gasteiger partial charge on any atom is 1.00 e. The van der Waals surface area contributed by atoms with Crippen molar-refractivity contribution in [2.24, 2.45) is 0 Å². The van der Waals surface area contributed by atoms with Crippen molar-refractivity contribution >= 4 is 17.6 Å². The van der Waals surface area contributed by atoms with Gasteiger partial charge in [-0.15, -0.1) is 10.2 Å². The third-order valence-electron chi connectivity index (χ3n) is 1.34. The zero-order valence-corrected chi connectivity index (χ0v) is 8.54. The molecule has 0 amide bonds. The van der Waals surface area contributed by atoms with Crippen LogP contribution in [0.2, 0.25) is 5.15 Å². The normalized spacial score (nSPS) is 9.00. The van der Waals surface area contributed by atoms with Crippen LogP contribution < -0.4 is 28.7 Å². The van der Waals surface area contributed by atoms with Crippen LogP contribution in [0.4, 0.5) is 0 Å². The number of hydrogen-bond acceptors (Lipinski definition) is 5. The molecular weight excluding hydrogens is 202 g/mol. The molecule has 0 spiro atoms. The van der Waals surface area contributed by atoms with Crippen LogP contribution in [0, 0.1) is 0 Å². The largest absolute Gasteiger partial charge is 1.00 e. The van der Waals surface area contributed by atoms with E-state index in [0.29, 0.717) is 5.56 Å². The molecule has 0 fully saturated rings. The minimum atomic E-state index is -1.23. The minimum absolute atomic E-state index is 0. The first kappa shape index (κ1) is 13.2. The first-order chi connectivity index (χ1) is 6.13. The standard InChI is InChI=1S/C7H7ClN2O3.Li/c1-13-5-2-4(3-6(11)12)7(8)10-9-5;/h2H,3H2,1H3,(H,11,12);/q;+1/p-1. The molecule has 0 bridgehead atoms. The third-order valence-corrected chi connectivity index (χ3v) is 1.66. The van der Waals surface area contributed by atoms with Gasteiger partial charge in [0.15, 0.2) is 5.15 Å². The molecule has 0 aromatic carbocycles. The molecule has 1 heterocycles. The summed E-state index contributed by atoms with van der Waals surface area (Å²) in [6.45, 7) is 0. The summed E-state index contributed by atoms with van der Waals surface area (Å²) in [5, 5.41) is 17.4. The van der Waals surface area contributed by atoms with Crippen molar-refractivity contribution in [2.45, 2.75) is 6.42 Å².